The number of tetrazole rings is 1. The van der Waals surface area contributed by atoms with Crippen molar-refractivity contribution in [3.8, 4) is 5.69 Å². The third-order valence-electron chi connectivity index (χ3n) is 3.72. The van der Waals surface area contributed by atoms with Gasteiger partial charge < -0.3 is 5.32 Å². The quantitative estimate of drug-likeness (QED) is 0.501. The molecule has 0 saturated heterocycles. The number of hydrogen-bond donors (Lipinski definition) is 1. The van der Waals surface area contributed by atoms with Crippen LogP contribution >= 0.6 is 23.4 Å². The minimum atomic E-state index is -0.436. The van der Waals surface area contributed by atoms with Gasteiger partial charge in [0.25, 0.3) is 0 Å². The van der Waals surface area contributed by atoms with E-state index in [0.717, 1.165) is 5.69 Å². The molecule has 7 nitrogen and oxygen atoms in total. The summed E-state index contributed by atoms with van der Waals surface area (Å²) in [4.78, 5) is 23.8. The van der Waals surface area contributed by atoms with Crippen LogP contribution in [0.5, 0.6) is 0 Å². The molecule has 0 spiro atoms. The number of ketones is 1. The molecular formula is C18H16ClN5O2S. The lowest BCUT2D eigenvalue weighted by Gasteiger charge is -2.12. The second-order valence-corrected chi connectivity index (χ2v) is 7.48. The van der Waals surface area contributed by atoms with Crippen LogP contribution in [0.25, 0.3) is 5.69 Å². The molecule has 2 aromatic carbocycles. The average Bonchev–Trinajstić information content (AvgIpc) is 3.10. The number of rotatable bonds is 6. The second-order valence-electron chi connectivity index (χ2n) is 5.73. The van der Waals surface area contributed by atoms with Gasteiger partial charge in [-0.1, -0.05) is 23.4 Å². The van der Waals surface area contributed by atoms with Crippen LogP contribution in [-0.4, -0.2) is 37.1 Å². The smallest absolute Gasteiger partial charge is 0.237 e. The Bertz CT molecular complexity index is 957. The highest BCUT2D eigenvalue weighted by molar-refractivity contribution is 8.00. The molecule has 1 N–H and O–H groups in total. The zero-order valence-corrected chi connectivity index (χ0v) is 16.2. The van der Waals surface area contributed by atoms with Gasteiger partial charge in [0, 0.05) is 16.3 Å². The Hall–Kier alpha value is -2.71. The lowest BCUT2D eigenvalue weighted by atomic mass is 10.1. The number of hydrogen-bond acceptors (Lipinski definition) is 6. The van der Waals surface area contributed by atoms with Crippen LogP contribution < -0.4 is 5.32 Å². The highest BCUT2D eigenvalue weighted by Crippen LogP contribution is 2.24. The minimum Gasteiger partial charge on any atom is -0.325 e. The maximum absolute atomic E-state index is 12.5. The second kappa shape index (κ2) is 8.32. The fraction of sp³-hybridized carbons (Fsp3) is 0.167. The predicted molar refractivity (Wildman–Crippen MR) is 105 cm³/mol. The predicted octanol–water partition coefficient (Wildman–Crippen LogP) is 3.64. The van der Waals surface area contributed by atoms with Crippen molar-refractivity contribution in [3.05, 3.63) is 59.1 Å². The van der Waals surface area contributed by atoms with Gasteiger partial charge in [-0.2, -0.15) is 4.68 Å². The largest absolute Gasteiger partial charge is 0.325 e. The molecule has 0 bridgehead atoms. The standard InChI is InChI=1S/C18H16ClN5O2S/c1-11(25)13-3-7-15(8-4-13)20-17(26)12(2)27-18-21-22-23-24(18)16-9-5-14(19)6-10-16/h3-10,12H,1-2H3,(H,20,26)/t12-/m0/s1. The number of benzene rings is 2. The molecule has 1 amide bonds. The molecule has 0 fully saturated rings. The van der Waals surface area contributed by atoms with Crippen molar-refractivity contribution < 1.29 is 9.59 Å². The van der Waals surface area contributed by atoms with Crippen LogP contribution in [0.4, 0.5) is 5.69 Å². The van der Waals surface area contributed by atoms with Crippen molar-refractivity contribution in [2.24, 2.45) is 0 Å². The lowest BCUT2D eigenvalue weighted by molar-refractivity contribution is -0.115. The highest BCUT2D eigenvalue weighted by Gasteiger charge is 2.19. The molecule has 3 aromatic rings. The van der Waals surface area contributed by atoms with Crippen LogP contribution in [-0.2, 0) is 4.79 Å². The van der Waals surface area contributed by atoms with E-state index in [1.54, 1.807) is 60.1 Å². The van der Waals surface area contributed by atoms with E-state index >= 15 is 0 Å². The number of amides is 1. The van der Waals surface area contributed by atoms with Gasteiger partial charge in [0.1, 0.15) is 0 Å². The average molecular weight is 402 g/mol. The van der Waals surface area contributed by atoms with Gasteiger partial charge in [-0.3, -0.25) is 9.59 Å². The third-order valence-corrected chi connectivity index (χ3v) is 5.01. The molecule has 0 aliphatic rings. The molecule has 0 aliphatic heterocycles. The van der Waals surface area contributed by atoms with Gasteiger partial charge in [-0.15, -0.1) is 5.10 Å². The van der Waals surface area contributed by atoms with Crippen LogP contribution in [0.15, 0.2) is 53.7 Å². The van der Waals surface area contributed by atoms with Gasteiger partial charge in [0.2, 0.25) is 11.1 Å². The zero-order valence-electron chi connectivity index (χ0n) is 14.6. The Morgan fingerprint density at radius 2 is 1.78 bits per heavy atom. The summed E-state index contributed by atoms with van der Waals surface area (Å²) in [5.74, 6) is -0.216. The van der Waals surface area contributed by atoms with Gasteiger partial charge >= 0.3 is 0 Å². The molecule has 27 heavy (non-hydrogen) atoms. The van der Waals surface area contributed by atoms with Crippen LogP contribution in [0.1, 0.15) is 24.2 Å². The van der Waals surface area contributed by atoms with Crippen molar-refractivity contribution in [2.75, 3.05) is 5.32 Å². The Balaban J connectivity index is 1.67. The normalized spacial score (nSPS) is 11.8. The van der Waals surface area contributed by atoms with E-state index in [-0.39, 0.29) is 11.7 Å². The van der Waals surface area contributed by atoms with Crippen molar-refractivity contribution in [1.82, 2.24) is 20.2 Å². The number of Topliss-reactive ketones (excluding diaryl/α,β-unsaturated/α-hetero) is 1. The van der Waals surface area contributed by atoms with Crippen molar-refractivity contribution in [1.29, 1.82) is 0 Å². The summed E-state index contributed by atoms with van der Waals surface area (Å²) in [5.41, 5.74) is 1.96. The van der Waals surface area contributed by atoms with E-state index in [1.165, 1.54) is 18.7 Å². The van der Waals surface area contributed by atoms with Gasteiger partial charge in [0.05, 0.1) is 10.9 Å². The maximum atomic E-state index is 12.5. The lowest BCUT2D eigenvalue weighted by Crippen LogP contribution is -2.23. The van der Waals surface area contributed by atoms with E-state index in [1.807, 2.05) is 0 Å². The summed E-state index contributed by atoms with van der Waals surface area (Å²) in [7, 11) is 0. The van der Waals surface area contributed by atoms with Crippen molar-refractivity contribution in [3.63, 3.8) is 0 Å². The molecule has 0 radical (unpaired) electrons. The number of aromatic nitrogens is 4. The Kier molecular flexibility index (Phi) is 5.88. The van der Waals surface area contributed by atoms with E-state index in [0.29, 0.717) is 21.4 Å². The summed E-state index contributed by atoms with van der Waals surface area (Å²) in [6, 6.07) is 13.8. The third kappa shape index (κ3) is 4.72. The molecule has 1 aromatic heterocycles. The molecule has 0 unspecified atom stereocenters. The van der Waals surface area contributed by atoms with E-state index < -0.39 is 5.25 Å². The van der Waals surface area contributed by atoms with E-state index in [4.69, 9.17) is 11.6 Å². The number of halogens is 1. The van der Waals surface area contributed by atoms with Crippen LogP contribution in [0, 0.1) is 0 Å². The fourth-order valence-electron chi connectivity index (χ4n) is 2.24. The number of nitrogens with zero attached hydrogens (tertiary/aromatic N) is 4. The summed E-state index contributed by atoms with van der Waals surface area (Å²) < 4.78 is 1.55. The monoisotopic (exact) mass is 401 g/mol. The number of carbonyl (C=O) groups excluding carboxylic acids is 2. The maximum Gasteiger partial charge on any atom is 0.237 e. The summed E-state index contributed by atoms with van der Waals surface area (Å²) >= 11 is 7.14. The van der Waals surface area contributed by atoms with E-state index in [2.05, 4.69) is 20.8 Å². The zero-order chi connectivity index (χ0) is 19.4. The van der Waals surface area contributed by atoms with Gasteiger partial charge in [-0.25, -0.2) is 0 Å². The molecular weight excluding hydrogens is 386 g/mol. The number of carbonyl (C=O) groups is 2. The Morgan fingerprint density at radius 3 is 2.41 bits per heavy atom. The van der Waals surface area contributed by atoms with Crippen molar-refractivity contribution in [2.45, 2.75) is 24.3 Å². The topological polar surface area (TPSA) is 89.8 Å². The number of thioether (sulfide) groups is 1. The highest BCUT2D eigenvalue weighted by atomic mass is 35.5. The molecule has 9 heteroatoms. The molecule has 0 aliphatic carbocycles. The first kappa shape index (κ1) is 19.1. The van der Waals surface area contributed by atoms with Gasteiger partial charge in [-0.05, 0) is 72.8 Å². The first-order chi connectivity index (χ1) is 12.9. The molecule has 1 atom stereocenters. The minimum absolute atomic E-state index is 0.0224. The summed E-state index contributed by atoms with van der Waals surface area (Å²) in [5, 5.41) is 15.1. The molecule has 3 rings (SSSR count). The number of anilines is 1. The van der Waals surface area contributed by atoms with Crippen LogP contribution in [0.3, 0.4) is 0 Å². The molecule has 138 valence electrons. The van der Waals surface area contributed by atoms with Gasteiger partial charge in [0.15, 0.2) is 5.78 Å². The molecule has 0 saturated carbocycles. The Labute approximate surface area is 165 Å². The summed E-state index contributed by atoms with van der Waals surface area (Å²) in [6.07, 6.45) is 0. The SMILES string of the molecule is CC(=O)c1ccc(NC(=O)[C@H](C)Sc2nnnn2-c2ccc(Cl)cc2)cc1. The van der Waals surface area contributed by atoms with E-state index in [9.17, 15) is 9.59 Å². The number of nitrogens with one attached hydrogen (secondary N) is 1. The summed E-state index contributed by atoms with van der Waals surface area (Å²) in [6.45, 7) is 3.27. The Morgan fingerprint density at radius 1 is 1.11 bits per heavy atom. The first-order valence-corrected chi connectivity index (χ1v) is 9.32. The molecule has 1 heterocycles. The van der Waals surface area contributed by atoms with Crippen LogP contribution in [0.2, 0.25) is 5.02 Å². The van der Waals surface area contributed by atoms with Crippen molar-refractivity contribution >= 4 is 40.7 Å². The fourth-order valence-corrected chi connectivity index (χ4v) is 3.17. The first-order valence-electron chi connectivity index (χ1n) is 8.07.